The van der Waals surface area contributed by atoms with E-state index in [1.54, 1.807) is 4.90 Å². The second kappa shape index (κ2) is 7.21. The van der Waals surface area contributed by atoms with E-state index in [4.69, 9.17) is 0 Å². The quantitative estimate of drug-likeness (QED) is 0.852. The first-order valence-corrected chi connectivity index (χ1v) is 8.62. The Balaban J connectivity index is 1.65. The van der Waals surface area contributed by atoms with Gasteiger partial charge in [-0.25, -0.2) is 4.39 Å². The summed E-state index contributed by atoms with van der Waals surface area (Å²) in [4.78, 5) is 38.2. The molecule has 2 N–H and O–H groups in total. The molecule has 6 nitrogen and oxygen atoms in total. The molecule has 1 heterocycles. The molecule has 2 fully saturated rings. The minimum Gasteiger partial charge on any atom is -0.343 e. The molecule has 7 heteroatoms. The smallest absolute Gasteiger partial charge is 0.253 e. The number of halogens is 1. The second-order valence-corrected chi connectivity index (χ2v) is 6.77. The van der Waals surface area contributed by atoms with Crippen LogP contribution in [0.5, 0.6) is 0 Å². The van der Waals surface area contributed by atoms with Gasteiger partial charge >= 0.3 is 0 Å². The number of amides is 3. The maximum Gasteiger partial charge on any atom is 0.253 e. The van der Waals surface area contributed by atoms with Crippen LogP contribution in [0.3, 0.4) is 0 Å². The lowest BCUT2D eigenvalue weighted by atomic mass is 10.1. The van der Waals surface area contributed by atoms with Gasteiger partial charge in [-0.1, -0.05) is 6.92 Å². The number of carbonyl (C=O) groups is 3. The Morgan fingerprint density at radius 3 is 2.56 bits per heavy atom. The molecular weight excluding hydrogens is 325 g/mol. The monoisotopic (exact) mass is 347 g/mol. The lowest BCUT2D eigenvalue weighted by molar-refractivity contribution is -0.129. The van der Waals surface area contributed by atoms with E-state index in [0.29, 0.717) is 19.0 Å². The minimum atomic E-state index is -0.578. The first-order chi connectivity index (χ1) is 12.0. The molecule has 3 rings (SSSR count). The fraction of sp³-hybridized carbons (Fsp3) is 0.500. The highest BCUT2D eigenvalue weighted by Crippen LogP contribution is 2.38. The maximum absolute atomic E-state index is 13.6. The molecule has 1 aromatic rings. The van der Waals surface area contributed by atoms with E-state index in [-0.39, 0.29) is 35.5 Å². The van der Waals surface area contributed by atoms with Gasteiger partial charge in [-0.2, -0.15) is 0 Å². The fourth-order valence-electron chi connectivity index (χ4n) is 3.06. The minimum absolute atomic E-state index is 0.0240. The van der Waals surface area contributed by atoms with E-state index in [1.807, 2.05) is 6.92 Å². The van der Waals surface area contributed by atoms with Gasteiger partial charge in [-0.15, -0.1) is 0 Å². The van der Waals surface area contributed by atoms with E-state index in [1.165, 1.54) is 12.1 Å². The van der Waals surface area contributed by atoms with Crippen molar-refractivity contribution >= 4 is 23.4 Å². The summed E-state index contributed by atoms with van der Waals surface area (Å²) >= 11 is 0. The molecule has 1 aromatic carbocycles. The van der Waals surface area contributed by atoms with Crippen molar-refractivity contribution in [1.82, 2.24) is 10.2 Å². The van der Waals surface area contributed by atoms with Gasteiger partial charge in [0.05, 0.1) is 17.8 Å². The Labute approximate surface area is 145 Å². The molecule has 0 unspecified atom stereocenters. The van der Waals surface area contributed by atoms with Crippen LogP contribution in [0.1, 0.15) is 36.5 Å². The van der Waals surface area contributed by atoms with Crippen molar-refractivity contribution < 1.29 is 18.8 Å². The van der Waals surface area contributed by atoms with E-state index in [2.05, 4.69) is 10.6 Å². The van der Waals surface area contributed by atoms with Crippen LogP contribution in [-0.4, -0.2) is 42.3 Å². The lowest BCUT2D eigenvalue weighted by Crippen LogP contribution is -2.38. The number of carbonyl (C=O) groups excluding carboxylic acids is 3. The van der Waals surface area contributed by atoms with Crippen molar-refractivity contribution in [1.29, 1.82) is 0 Å². The van der Waals surface area contributed by atoms with Crippen LogP contribution in [0.2, 0.25) is 0 Å². The lowest BCUT2D eigenvalue weighted by Gasteiger charge is -2.16. The Bertz CT molecular complexity index is 701. The highest BCUT2D eigenvalue weighted by molar-refractivity contribution is 6.05. The Morgan fingerprint density at radius 2 is 1.92 bits per heavy atom. The van der Waals surface area contributed by atoms with E-state index in [0.717, 1.165) is 25.3 Å². The van der Waals surface area contributed by atoms with Gasteiger partial charge in [0.1, 0.15) is 5.82 Å². The van der Waals surface area contributed by atoms with E-state index in [9.17, 15) is 18.8 Å². The van der Waals surface area contributed by atoms with Crippen molar-refractivity contribution in [2.45, 2.75) is 26.2 Å². The molecular formula is C18H22FN3O3. The molecule has 1 saturated carbocycles. The van der Waals surface area contributed by atoms with Gasteiger partial charge in [0.25, 0.3) is 5.91 Å². The maximum atomic E-state index is 13.6. The first kappa shape index (κ1) is 17.4. The van der Waals surface area contributed by atoms with Gasteiger partial charge in [-0.05, 0) is 43.4 Å². The van der Waals surface area contributed by atoms with Crippen molar-refractivity contribution in [2.75, 3.05) is 25.0 Å². The third-order valence-corrected chi connectivity index (χ3v) is 4.79. The van der Waals surface area contributed by atoms with Gasteiger partial charge in [0.2, 0.25) is 11.8 Å². The normalized spacial score (nSPS) is 21.8. The number of likely N-dealkylation sites (tertiary alicyclic amines) is 1. The van der Waals surface area contributed by atoms with Gasteiger partial charge < -0.3 is 15.5 Å². The predicted molar refractivity (Wildman–Crippen MR) is 90.4 cm³/mol. The Morgan fingerprint density at radius 1 is 1.24 bits per heavy atom. The zero-order valence-electron chi connectivity index (χ0n) is 14.2. The molecule has 134 valence electrons. The molecule has 2 atom stereocenters. The highest BCUT2D eigenvalue weighted by Gasteiger charge is 2.39. The standard InChI is InChI=1S/C18H22FN3O3/c1-11-8-13(11)18(25)21-15-5-4-12(19)9-14(15)17(24)20-10-16(23)22-6-2-3-7-22/h4-5,9,11,13H,2-3,6-8,10H2,1H3,(H,20,24)(H,21,25)/t11-,13+/m0/s1. The summed E-state index contributed by atoms with van der Waals surface area (Å²) in [5, 5.41) is 5.21. The highest BCUT2D eigenvalue weighted by atomic mass is 19.1. The number of benzene rings is 1. The van der Waals surface area contributed by atoms with Gasteiger partial charge in [-0.3, -0.25) is 14.4 Å². The Kier molecular flexibility index (Phi) is 5.01. The fourth-order valence-corrected chi connectivity index (χ4v) is 3.06. The van der Waals surface area contributed by atoms with Crippen LogP contribution < -0.4 is 10.6 Å². The number of hydrogen-bond acceptors (Lipinski definition) is 3. The van der Waals surface area contributed by atoms with Gasteiger partial charge in [0, 0.05) is 19.0 Å². The van der Waals surface area contributed by atoms with Crippen molar-refractivity contribution in [3.63, 3.8) is 0 Å². The van der Waals surface area contributed by atoms with Crippen LogP contribution in [0, 0.1) is 17.7 Å². The number of rotatable bonds is 5. The van der Waals surface area contributed by atoms with Crippen molar-refractivity contribution in [3.8, 4) is 0 Å². The zero-order chi connectivity index (χ0) is 18.0. The zero-order valence-corrected chi connectivity index (χ0v) is 14.2. The number of nitrogens with one attached hydrogen (secondary N) is 2. The summed E-state index contributed by atoms with van der Waals surface area (Å²) in [7, 11) is 0. The second-order valence-electron chi connectivity index (χ2n) is 6.77. The third-order valence-electron chi connectivity index (χ3n) is 4.79. The Hall–Kier alpha value is -2.44. The number of anilines is 1. The molecule has 1 aliphatic carbocycles. The molecule has 0 aromatic heterocycles. The van der Waals surface area contributed by atoms with Crippen molar-refractivity contribution in [2.24, 2.45) is 11.8 Å². The topological polar surface area (TPSA) is 78.5 Å². The van der Waals surface area contributed by atoms with Crippen LogP contribution in [0.25, 0.3) is 0 Å². The molecule has 0 bridgehead atoms. The SMILES string of the molecule is C[C@H]1C[C@H]1C(=O)Nc1ccc(F)cc1C(=O)NCC(=O)N1CCCC1. The molecule has 1 aliphatic heterocycles. The summed E-state index contributed by atoms with van der Waals surface area (Å²) in [6.07, 6.45) is 2.76. The first-order valence-electron chi connectivity index (χ1n) is 8.62. The summed E-state index contributed by atoms with van der Waals surface area (Å²) in [5.74, 6) is -1.20. The summed E-state index contributed by atoms with van der Waals surface area (Å²) in [5.41, 5.74) is 0.285. The number of nitrogens with zero attached hydrogens (tertiary/aromatic N) is 1. The molecule has 1 saturated heterocycles. The summed E-state index contributed by atoms with van der Waals surface area (Å²) in [6, 6.07) is 3.64. The molecule has 0 spiro atoms. The van der Waals surface area contributed by atoms with Gasteiger partial charge in [0.15, 0.2) is 0 Å². The van der Waals surface area contributed by atoms with Crippen LogP contribution in [0.15, 0.2) is 18.2 Å². The summed E-state index contributed by atoms with van der Waals surface area (Å²) in [6.45, 7) is 3.25. The number of hydrogen-bond donors (Lipinski definition) is 2. The summed E-state index contributed by atoms with van der Waals surface area (Å²) < 4.78 is 13.6. The predicted octanol–water partition coefficient (Wildman–Crippen LogP) is 1.77. The average molecular weight is 347 g/mol. The van der Waals surface area contributed by atoms with Crippen LogP contribution >= 0.6 is 0 Å². The van der Waals surface area contributed by atoms with Crippen LogP contribution in [-0.2, 0) is 9.59 Å². The van der Waals surface area contributed by atoms with E-state index >= 15 is 0 Å². The van der Waals surface area contributed by atoms with E-state index < -0.39 is 11.7 Å². The third kappa shape index (κ3) is 4.15. The molecule has 2 aliphatic rings. The van der Waals surface area contributed by atoms with Crippen molar-refractivity contribution in [3.05, 3.63) is 29.6 Å². The molecule has 0 radical (unpaired) electrons. The molecule has 3 amide bonds. The van der Waals surface area contributed by atoms with Crippen LogP contribution in [0.4, 0.5) is 10.1 Å². The largest absolute Gasteiger partial charge is 0.343 e. The molecule has 25 heavy (non-hydrogen) atoms. The average Bonchev–Trinajstić information content (AvgIpc) is 3.09.